The number of hydrogen-bond donors (Lipinski definition) is 3. The van der Waals surface area contributed by atoms with Crippen molar-refractivity contribution in [3.63, 3.8) is 0 Å². The maximum Gasteiger partial charge on any atom is 0.572 e. The second-order valence-corrected chi connectivity index (χ2v) is 8.19. The topological polar surface area (TPSA) is 92.2 Å². The van der Waals surface area contributed by atoms with Crippen LogP contribution in [0.1, 0.15) is 45.6 Å². The first-order valence-electron chi connectivity index (χ1n) is 11.9. The second-order valence-electron chi connectivity index (χ2n) is 8.19. The molecule has 10 heteroatoms. The van der Waals surface area contributed by atoms with Crippen LogP contribution in [0, 0.1) is 5.92 Å². The second kappa shape index (κ2) is 14.3. The maximum atomic E-state index is 12.7. The Morgan fingerprint density at radius 2 is 2.00 bits per heavy atom. The number of nitrogens with one attached hydrogen (secondary N) is 2. The number of ether oxygens (including phenoxy) is 2. The minimum absolute atomic E-state index is 0.0368. The van der Waals surface area contributed by atoms with Gasteiger partial charge in [-0.3, -0.25) is 9.79 Å². The zero-order chi connectivity index (χ0) is 26.6. The van der Waals surface area contributed by atoms with E-state index in [9.17, 15) is 18.0 Å². The number of carbonyl (C=O) groups is 1. The van der Waals surface area contributed by atoms with Gasteiger partial charge in [-0.2, -0.15) is 0 Å². The van der Waals surface area contributed by atoms with E-state index >= 15 is 0 Å². The molecule has 0 bridgehead atoms. The van der Waals surface area contributed by atoms with Crippen molar-refractivity contribution in [2.45, 2.75) is 52.6 Å². The quantitative estimate of drug-likeness (QED) is 0.165. The Kier molecular flexibility index (Phi) is 11.5. The van der Waals surface area contributed by atoms with Crippen molar-refractivity contribution >= 4 is 17.8 Å². The fourth-order valence-electron chi connectivity index (χ4n) is 3.40. The lowest BCUT2D eigenvalue weighted by molar-refractivity contribution is -0.306. The molecule has 0 heterocycles. The Hall–Kier alpha value is -3.27. The molecular weight excluding hydrogens is 475 g/mol. The van der Waals surface area contributed by atoms with Crippen LogP contribution in [-0.4, -0.2) is 49.1 Å². The van der Waals surface area contributed by atoms with Crippen LogP contribution >= 0.6 is 0 Å². The highest BCUT2D eigenvalue weighted by Gasteiger charge is 2.33. The van der Waals surface area contributed by atoms with Crippen LogP contribution < -0.4 is 10.6 Å². The van der Waals surface area contributed by atoms with Gasteiger partial charge in [0.2, 0.25) is 5.91 Å². The van der Waals surface area contributed by atoms with E-state index in [1.54, 1.807) is 13.0 Å². The number of aliphatic imine (C=N–C) groups is 1. The fourth-order valence-corrected chi connectivity index (χ4v) is 3.40. The van der Waals surface area contributed by atoms with Crippen molar-refractivity contribution in [2.24, 2.45) is 10.9 Å². The number of aliphatic hydroxyl groups is 1. The van der Waals surface area contributed by atoms with Crippen molar-refractivity contribution in [2.75, 3.05) is 19.7 Å². The summed E-state index contributed by atoms with van der Waals surface area (Å²) in [6.07, 6.45) is 0.0541. The lowest BCUT2D eigenvalue weighted by Gasteiger charge is -2.27. The van der Waals surface area contributed by atoms with Gasteiger partial charge in [-0.15, -0.1) is 13.2 Å². The SMILES string of the molecule is CCN=C(NC(OC1=CCCC(OC(F)(F)F)=C1)C(C)=Cc1ccccc1)C(C)C(=O)NCCCO. The van der Waals surface area contributed by atoms with Gasteiger partial charge >= 0.3 is 6.36 Å². The van der Waals surface area contributed by atoms with Gasteiger partial charge in [-0.05, 0) is 50.8 Å². The zero-order valence-corrected chi connectivity index (χ0v) is 20.8. The number of halogens is 3. The molecular formula is C26H34F3N3O4. The molecule has 0 aromatic heterocycles. The molecule has 198 valence electrons. The summed E-state index contributed by atoms with van der Waals surface area (Å²) in [6.45, 7) is 6.03. The van der Waals surface area contributed by atoms with E-state index in [0.29, 0.717) is 31.8 Å². The predicted octanol–water partition coefficient (Wildman–Crippen LogP) is 4.67. The molecule has 36 heavy (non-hydrogen) atoms. The minimum atomic E-state index is -4.78. The van der Waals surface area contributed by atoms with E-state index in [1.807, 2.05) is 50.3 Å². The Balaban J connectivity index is 2.30. The Bertz CT molecular complexity index is 972. The normalized spacial score (nSPS) is 16.4. The molecule has 1 aromatic carbocycles. The van der Waals surface area contributed by atoms with Gasteiger partial charge in [-0.25, -0.2) is 0 Å². The highest BCUT2D eigenvalue weighted by Crippen LogP contribution is 2.28. The number of aliphatic hydroxyl groups excluding tert-OH is 1. The largest absolute Gasteiger partial charge is 0.572 e. The Morgan fingerprint density at radius 3 is 2.64 bits per heavy atom. The standard InChI is InChI=1S/C26H34F3N3O4/c1-4-30-23(19(3)24(34)31-14-9-15-33)32-25(18(2)16-20-10-6-5-7-11-20)35-21-12-8-13-22(17-21)36-26(27,28)29/h5-7,10-12,16-17,19,25,33H,4,8-9,13-15H2,1-3H3,(H,30,32)(H,31,34). The third kappa shape index (κ3) is 10.2. The highest BCUT2D eigenvalue weighted by molar-refractivity contribution is 6.02. The van der Waals surface area contributed by atoms with Gasteiger partial charge in [-0.1, -0.05) is 36.4 Å². The summed E-state index contributed by atoms with van der Waals surface area (Å²) in [5.74, 6) is -0.572. The average Bonchev–Trinajstić information content (AvgIpc) is 2.82. The summed E-state index contributed by atoms with van der Waals surface area (Å²) in [4.78, 5) is 17.1. The van der Waals surface area contributed by atoms with Gasteiger partial charge in [0, 0.05) is 32.2 Å². The lowest BCUT2D eigenvalue weighted by Crippen LogP contribution is -2.45. The molecule has 0 fully saturated rings. The predicted molar refractivity (Wildman–Crippen MR) is 132 cm³/mol. The van der Waals surface area contributed by atoms with Crippen LogP contribution in [0.15, 0.2) is 64.6 Å². The Labute approximate surface area is 209 Å². The van der Waals surface area contributed by atoms with Crippen LogP contribution in [0.5, 0.6) is 0 Å². The van der Waals surface area contributed by atoms with Crippen molar-refractivity contribution in [3.05, 3.63) is 65.1 Å². The summed E-state index contributed by atoms with van der Waals surface area (Å²) in [5, 5.41) is 14.9. The summed E-state index contributed by atoms with van der Waals surface area (Å²) in [5.41, 5.74) is 1.62. The monoisotopic (exact) mass is 509 g/mol. The van der Waals surface area contributed by atoms with E-state index in [0.717, 1.165) is 11.1 Å². The van der Waals surface area contributed by atoms with Gasteiger partial charge < -0.3 is 25.2 Å². The number of carbonyl (C=O) groups excluding carboxylic acids is 1. The molecule has 0 radical (unpaired) electrons. The van der Waals surface area contributed by atoms with Crippen LogP contribution in [0.3, 0.4) is 0 Å². The molecule has 0 spiro atoms. The molecule has 2 atom stereocenters. The molecule has 1 aromatic rings. The number of amidine groups is 1. The first-order valence-corrected chi connectivity index (χ1v) is 11.9. The average molecular weight is 510 g/mol. The highest BCUT2D eigenvalue weighted by atomic mass is 19.4. The van der Waals surface area contributed by atoms with Gasteiger partial charge in [0.1, 0.15) is 17.4 Å². The Morgan fingerprint density at radius 1 is 1.28 bits per heavy atom. The molecule has 3 N–H and O–H groups in total. The summed E-state index contributed by atoms with van der Waals surface area (Å²) >= 11 is 0. The number of amides is 1. The maximum absolute atomic E-state index is 12.7. The number of alkyl halides is 3. The number of rotatable bonds is 12. The smallest absolute Gasteiger partial charge is 0.467 e. The molecule has 0 saturated heterocycles. The molecule has 0 aliphatic heterocycles. The van der Waals surface area contributed by atoms with E-state index in [1.165, 1.54) is 6.08 Å². The summed E-state index contributed by atoms with van der Waals surface area (Å²) in [7, 11) is 0. The molecule has 2 unspecified atom stereocenters. The van der Waals surface area contributed by atoms with Crippen molar-refractivity contribution in [3.8, 4) is 0 Å². The van der Waals surface area contributed by atoms with E-state index in [-0.39, 0.29) is 30.5 Å². The van der Waals surface area contributed by atoms with E-state index < -0.39 is 18.5 Å². The summed E-state index contributed by atoms with van der Waals surface area (Å²) < 4.78 is 48.3. The molecule has 7 nitrogen and oxygen atoms in total. The minimum Gasteiger partial charge on any atom is -0.467 e. The van der Waals surface area contributed by atoms with Gasteiger partial charge in [0.05, 0.1) is 5.92 Å². The molecule has 1 amide bonds. The fraction of sp³-hybridized carbons (Fsp3) is 0.462. The van der Waals surface area contributed by atoms with Crippen LogP contribution in [-0.2, 0) is 14.3 Å². The van der Waals surface area contributed by atoms with Crippen LogP contribution in [0.2, 0.25) is 0 Å². The van der Waals surface area contributed by atoms with Crippen molar-refractivity contribution < 1.29 is 32.5 Å². The van der Waals surface area contributed by atoms with Crippen LogP contribution in [0.25, 0.3) is 6.08 Å². The van der Waals surface area contributed by atoms with E-state index in [4.69, 9.17) is 9.84 Å². The molecule has 2 rings (SSSR count). The molecule has 0 saturated carbocycles. The number of hydrogen-bond acceptors (Lipinski definition) is 5. The van der Waals surface area contributed by atoms with Gasteiger partial charge in [0.15, 0.2) is 6.23 Å². The third-order valence-corrected chi connectivity index (χ3v) is 5.19. The first kappa shape index (κ1) is 29.0. The number of nitrogens with zero attached hydrogens (tertiary/aromatic N) is 1. The number of allylic oxidation sites excluding steroid dienone is 3. The van der Waals surface area contributed by atoms with Crippen molar-refractivity contribution in [1.82, 2.24) is 10.6 Å². The van der Waals surface area contributed by atoms with E-state index in [2.05, 4.69) is 20.4 Å². The summed E-state index contributed by atoms with van der Waals surface area (Å²) in [6, 6.07) is 9.49. The van der Waals surface area contributed by atoms with Gasteiger partial charge in [0.25, 0.3) is 0 Å². The lowest BCUT2D eigenvalue weighted by atomic mass is 10.1. The third-order valence-electron chi connectivity index (χ3n) is 5.19. The molecule has 1 aliphatic carbocycles. The van der Waals surface area contributed by atoms with Crippen molar-refractivity contribution in [1.29, 1.82) is 0 Å². The zero-order valence-electron chi connectivity index (χ0n) is 20.8. The number of benzene rings is 1. The molecule has 1 aliphatic rings. The van der Waals surface area contributed by atoms with Crippen LogP contribution in [0.4, 0.5) is 13.2 Å². The first-order chi connectivity index (χ1) is 17.1.